The minimum atomic E-state index is -4.51. The maximum atomic E-state index is 13.4. The van der Waals surface area contributed by atoms with E-state index in [0.717, 1.165) is 51.4 Å². The van der Waals surface area contributed by atoms with Crippen LogP contribution in [0.25, 0.3) is 11.0 Å². The fourth-order valence-electron chi connectivity index (χ4n) is 6.35. The molecule has 1 amide bonds. The van der Waals surface area contributed by atoms with Gasteiger partial charge in [0.1, 0.15) is 11.3 Å². The first kappa shape index (κ1) is 24.4. The van der Waals surface area contributed by atoms with Crippen LogP contribution in [0.4, 0.5) is 13.2 Å². The number of hydrogen-bond donors (Lipinski definition) is 2. The third-order valence-corrected chi connectivity index (χ3v) is 8.17. The van der Waals surface area contributed by atoms with E-state index in [0.29, 0.717) is 18.6 Å². The van der Waals surface area contributed by atoms with Gasteiger partial charge >= 0.3 is 6.18 Å². The highest BCUT2D eigenvalue weighted by Crippen LogP contribution is 2.39. The summed E-state index contributed by atoms with van der Waals surface area (Å²) in [5.74, 6) is 0.688. The fourth-order valence-corrected chi connectivity index (χ4v) is 6.35. The monoisotopic (exact) mass is 513 g/mol. The van der Waals surface area contributed by atoms with E-state index in [1.165, 1.54) is 17.2 Å². The number of pyridine rings is 1. The number of likely N-dealkylation sites (tertiary alicyclic amines) is 1. The van der Waals surface area contributed by atoms with E-state index in [4.69, 9.17) is 4.74 Å². The molecule has 3 aliphatic rings. The van der Waals surface area contributed by atoms with E-state index in [1.807, 2.05) is 12.4 Å². The molecular formula is C27H30F3N5O2. The molecule has 2 saturated heterocycles. The van der Waals surface area contributed by atoms with Gasteiger partial charge in [0.05, 0.1) is 24.1 Å². The van der Waals surface area contributed by atoms with Gasteiger partial charge in [-0.2, -0.15) is 13.2 Å². The predicted octanol–water partition coefficient (Wildman–Crippen LogP) is 3.84. The normalized spacial score (nSPS) is 26.1. The van der Waals surface area contributed by atoms with Gasteiger partial charge in [-0.25, -0.2) is 4.98 Å². The molecule has 0 saturated carbocycles. The molecule has 1 aliphatic carbocycles. The average molecular weight is 514 g/mol. The molecule has 0 radical (unpaired) electrons. The summed E-state index contributed by atoms with van der Waals surface area (Å²) in [6.45, 7) is 3.11. The number of halogens is 3. The molecular weight excluding hydrogens is 483 g/mol. The Morgan fingerprint density at radius 3 is 2.92 bits per heavy atom. The Hall–Kier alpha value is -2.98. The minimum Gasteiger partial charge on any atom is -0.380 e. The second-order valence-corrected chi connectivity index (χ2v) is 10.5. The molecule has 1 aromatic carbocycles. The quantitative estimate of drug-likeness (QED) is 0.523. The number of nitrogens with zero attached hydrogens (tertiary/aromatic N) is 3. The standard InChI is InChI=1S/C27H30F3N5O2/c28-27(29,30)21-2-1-3-22-26(21)34-24(32-22)11-25(36)33-23-14-35(19-7-9-37-15-19)13-18(23)10-17-5-4-16-6-8-31-12-20(16)17/h1-3,6,8,12,17-19,23H,4-5,7,9-11,13-15H2,(H,32,34)(H,33,36)/t17?,18-,19?,23?/m0/s1. The first-order chi connectivity index (χ1) is 17.8. The summed E-state index contributed by atoms with van der Waals surface area (Å²) in [4.78, 5) is 26.9. The lowest BCUT2D eigenvalue weighted by atomic mass is 9.88. The number of benzene rings is 1. The van der Waals surface area contributed by atoms with Crippen molar-refractivity contribution < 1.29 is 22.7 Å². The Bertz CT molecular complexity index is 1290. The number of H-pyrrole nitrogens is 1. The Kier molecular flexibility index (Phi) is 6.40. The highest BCUT2D eigenvalue weighted by Gasteiger charge is 2.40. The number of amides is 1. The van der Waals surface area contributed by atoms with Gasteiger partial charge in [0.25, 0.3) is 0 Å². The maximum Gasteiger partial charge on any atom is 0.418 e. The number of hydrogen-bond acceptors (Lipinski definition) is 5. The van der Waals surface area contributed by atoms with Gasteiger partial charge in [-0.3, -0.25) is 14.7 Å². The summed E-state index contributed by atoms with van der Waals surface area (Å²) < 4.78 is 45.7. The number of para-hydroxylation sites is 1. The van der Waals surface area contributed by atoms with E-state index in [1.54, 1.807) is 6.07 Å². The zero-order valence-electron chi connectivity index (χ0n) is 20.4. The molecule has 4 atom stereocenters. The SMILES string of the molecule is O=C(Cc1nc2c(C(F)(F)F)cccc2[nH]1)NC1CN(C2CCOC2)C[C@@H]1CC1CCc2ccncc21. The van der Waals surface area contributed by atoms with E-state index in [9.17, 15) is 18.0 Å². The number of imidazole rings is 1. The van der Waals surface area contributed by atoms with Crippen LogP contribution in [-0.2, 0) is 28.5 Å². The van der Waals surface area contributed by atoms with Crippen molar-refractivity contribution in [3.05, 3.63) is 59.2 Å². The van der Waals surface area contributed by atoms with Crippen molar-refractivity contribution in [1.82, 2.24) is 25.2 Å². The zero-order chi connectivity index (χ0) is 25.6. The van der Waals surface area contributed by atoms with Crippen LogP contribution in [0.2, 0.25) is 0 Å². The van der Waals surface area contributed by atoms with Crippen molar-refractivity contribution in [3.8, 4) is 0 Å². The number of rotatable bonds is 6. The molecule has 0 spiro atoms. The van der Waals surface area contributed by atoms with Crippen LogP contribution in [0.15, 0.2) is 36.7 Å². The van der Waals surface area contributed by atoms with Crippen LogP contribution >= 0.6 is 0 Å². The topological polar surface area (TPSA) is 83.1 Å². The molecule has 2 N–H and O–H groups in total. The summed E-state index contributed by atoms with van der Waals surface area (Å²) in [6.07, 6.45) is 3.32. The Morgan fingerprint density at radius 1 is 1.22 bits per heavy atom. The van der Waals surface area contributed by atoms with Crippen molar-refractivity contribution >= 4 is 16.9 Å². The van der Waals surface area contributed by atoms with Crippen LogP contribution < -0.4 is 5.32 Å². The Balaban J connectivity index is 1.17. The van der Waals surface area contributed by atoms with E-state index in [2.05, 4.69) is 31.2 Å². The number of aryl methyl sites for hydroxylation is 1. The highest BCUT2D eigenvalue weighted by atomic mass is 19.4. The van der Waals surface area contributed by atoms with Gasteiger partial charge < -0.3 is 15.0 Å². The second-order valence-electron chi connectivity index (χ2n) is 10.5. The maximum absolute atomic E-state index is 13.4. The third-order valence-electron chi connectivity index (χ3n) is 8.17. The third kappa shape index (κ3) is 4.96. The lowest BCUT2D eigenvalue weighted by molar-refractivity contribution is -0.136. The molecule has 2 aliphatic heterocycles. The van der Waals surface area contributed by atoms with Crippen molar-refractivity contribution in [2.45, 2.75) is 56.3 Å². The molecule has 3 aromatic rings. The smallest absolute Gasteiger partial charge is 0.380 e. The molecule has 6 rings (SSSR count). The molecule has 2 fully saturated rings. The molecule has 3 unspecified atom stereocenters. The molecule has 196 valence electrons. The zero-order valence-corrected chi connectivity index (χ0v) is 20.4. The van der Waals surface area contributed by atoms with Crippen molar-refractivity contribution in [2.24, 2.45) is 5.92 Å². The van der Waals surface area contributed by atoms with Crippen LogP contribution in [0, 0.1) is 5.92 Å². The molecule has 7 nitrogen and oxygen atoms in total. The molecule has 37 heavy (non-hydrogen) atoms. The molecule has 4 heterocycles. The number of ether oxygens (including phenoxy) is 1. The van der Waals surface area contributed by atoms with E-state index < -0.39 is 11.7 Å². The minimum absolute atomic E-state index is 0.0380. The van der Waals surface area contributed by atoms with Crippen LogP contribution in [0.5, 0.6) is 0 Å². The molecule has 0 bridgehead atoms. The number of fused-ring (bicyclic) bond motifs is 2. The van der Waals surface area contributed by atoms with Crippen molar-refractivity contribution in [1.29, 1.82) is 0 Å². The largest absolute Gasteiger partial charge is 0.418 e. The summed E-state index contributed by atoms with van der Waals surface area (Å²) in [5.41, 5.74) is 2.00. The van der Waals surface area contributed by atoms with Crippen LogP contribution in [-0.4, -0.2) is 64.1 Å². The van der Waals surface area contributed by atoms with Gasteiger partial charge in [0.15, 0.2) is 0 Å². The van der Waals surface area contributed by atoms with Gasteiger partial charge in [0.2, 0.25) is 5.91 Å². The number of aromatic nitrogens is 3. The fraction of sp³-hybridized carbons (Fsp3) is 0.519. The van der Waals surface area contributed by atoms with Gasteiger partial charge in [0, 0.05) is 44.2 Å². The number of carbonyl (C=O) groups excluding carboxylic acids is 1. The lowest BCUT2D eigenvalue weighted by Crippen LogP contribution is -2.42. The van der Waals surface area contributed by atoms with E-state index >= 15 is 0 Å². The van der Waals surface area contributed by atoms with E-state index in [-0.39, 0.29) is 41.1 Å². The Morgan fingerprint density at radius 2 is 2.11 bits per heavy atom. The number of alkyl halides is 3. The first-order valence-electron chi connectivity index (χ1n) is 12.9. The van der Waals surface area contributed by atoms with Crippen molar-refractivity contribution in [2.75, 3.05) is 26.3 Å². The Labute approximate surface area is 212 Å². The molecule has 10 heteroatoms. The van der Waals surface area contributed by atoms with Crippen molar-refractivity contribution in [3.63, 3.8) is 0 Å². The number of nitrogens with one attached hydrogen (secondary N) is 2. The number of carbonyl (C=O) groups is 1. The summed E-state index contributed by atoms with van der Waals surface area (Å²) in [6, 6.07) is 6.31. The van der Waals surface area contributed by atoms with Crippen LogP contribution in [0.3, 0.4) is 0 Å². The summed E-state index contributed by atoms with van der Waals surface area (Å²) in [7, 11) is 0. The van der Waals surface area contributed by atoms with Gasteiger partial charge in [-0.1, -0.05) is 6.07 Å². The highest BCUT2D eigenvalue weighted by molar-refractivity contribution is 5.82. The van der Waals surface area contributed by atoms with Gasteiger partial charge in [-0.05, 0) is 66.8 Å². The summed E-state index contributed by atoms with van der Waals surface area (Å²) in [5, 5.41) is 3.20. The average Bonchev–Trinajstić information content (AvgIpc) is 3.65. The van der Waals surface area contributed by atoms with Gasteiger partial charge in [-0.15, -0.1) is 0 Å². The second kappa shape index (κ2) is 9.72. The lowest BCUT2D eigenvalue weighted by Gasteiger charge is -2.23. The molecule has 2 aromatic heterocycles. The predicted molar refractivity (Wildman–Crippen MR) is 131 cm³/mol. The summed E-state index contributed by atoms with van der Waals surface area (Å²) >= 11 is 0. The number of aromatic amines is 1. The first-order valence-corrected chi connectivity index (χ1v) is 12.9. The van der Waals surface area contributed by atoms with Crippen LogP contribution in [0.1, 0.15) is 47.7 Å².